The van der Waals surface area contributed by atoms with Crippen LogP contribution in [0, 0.1) is 0 Å². The Bertz CT molecular complexity index is 483. The molecule has 0 bridgehead atoms. The lowest BCUT2D eigenvalue weighted by Crippen LogP contribution is -2.50. The topological polar surface area (TPSA) is 80.5 Å². The van der Waals surface area contributed by atoms with Crippen molar-refractivity contribution in [1.82, 2.24) is 9.88 Å². The van der Waals surface area contributed by atoms with Crippen molar-refractivity contribution in [2.75, 3.05) is 18.6 Å². The molecule has 0 aliphatic carbocycles. The van der Waals surface area contributed by atoms with E-state index in [9.17, 15) is 4.79 Å². The van der Waals surface area contributed by atoms with Crippen molar-refractivity contribution in [2.24, 2.45) is 5.84 Å². The van der Waals surface area contributed by atoms with Crippen molar-refractivity contribution in [1.29, 1.82) is 0 Å². The molecular formula is C12H17ClN4O2. The second kappa shape index (κ2) is 5.73. The first-order valence-electron chi connectivity index (χ1n) is 6.07. The van der Waals surface area contributed by atoms with Crippen LogP contribution in [0.3, 0.4) is 0 Å². The zero-order valence-electron chi connectivity index (χ0n) is 10.9. The molecule has 1 aliphatic rings. The van der Waals surface area contributed by atoms with Crippen LogP contribution in [0.15, 0.2) is 12.3 Å². The Morgan fingerprint density at radius 1 is 1.63 bits per heavy atom. The standard InChI is InChI=1S/C12H17ClN4O2/c1-7-6-19-8(2)5-17(7)12(18)9-3-10(13)11(16-14)15-4-9/h3-4,7-8H,5-6,14H2,1-2H3,(H,15,16). The lowest BCUT2D eigenvalue weighted by atomic mass is 10.1. The van der Waals surface area contributed by atoms with Gasteiger partial charge >= 0.3 is 0 Å². The second-order valence-electron chi connectivity index (χ2n) is 4.65. The lowest BCUT2D eigenvalue weighted by molar-refractivity contribution is -0.0387. The van der Waals surface area contributed by atoms with Gasteiger partial charge in [-0.1, -0.05) is 11.6 Å². The molecule has 3 N–H and O–H groups in total. The molecule has 2 unspecified atom stereocenters. The number of aromatic nitrogens is 1. The number of nitrogens with one attached hydrogen (secondary N) is 1. The SMILES string of the molecule is CC1CN(C(=O)c2cnc(NN)c(Cl)c2)C(C)CO1. The average Bonchev–Trinajstić information content (AvgIpc) is 2.40. The highest BCUT2D eigenvalue weighted by atomic mass is 35.5. The normalized spacial score (nSPS) is 23.3. The number of morpholine rings is 1. The van der Waals surface area contributed by atoms with E-state index in [-0.39, 0.29) is 18.1 Å². The predicted octanol–water partition coefficient (Wildman–Crippen LogP) is 1.27. The number of amides is 1. The maximum atomic E-state index is 12.4. The lowest BCUT2D eigenvalue weighted by Gasteiger charge is -2.36. The van der Waals surface area contributed by atoms with E-state index in [2.05, 4.69) is 10.4 Å². The Labute approximate surface area is 116 Å². The van der Waals surface area contributed by atoms with Crippen LogP contribution in [-0.2, 0) is 4.74 Å². The van der Waals surface area contributed by atoms with Gasteiger partial charge in [0.15, 0.2) is 5.82 Å². The van der Waals surface area contributed by atoms with E-state index in [0.29, 0.717) is 29.6 Å². The third kappa shape index (κ3) is 2.97. The number of hydrazine groups is 1. The van der Waals surface area contributed by atoms with Gasteiger partial charge < -0.3 is 15.1 Å². The molecule has 1 aromatic rings. The Morgan fingerprint density at radius 3 is 3.00 bits per heavy atom. The van der Waals surface area contributed by atoms with Gasteiger partial charge in [-0.3, -0.25) is 4.79 Å². The van der Waals surface area contributed by atoms with Gasteiger partial charge in [-0.25, -0.2) is 10.8 Å². The minimum atomic E-state index is -0.0966. The Balaban J connectivity index is 2.21. The van der Waals surface area contributed by atoms with Gasteiger partial charge in [-0.15, -0.1) is 0 Å². The van der Waals surface area contributed by atoms with Gasteiger partial charge in [0.25, 0.3) is 5.91 Å². The second-order valence-corrected chi connectivity index (χ2v) is 5.06. The highest BCUT2D eigenvalue weighted by Crippen LogP contribution is 2.21. The quantitative estimate of drug-likeness (QED) is 0.631. The zero-order valence-corrected chi connectivity index (χ0v) is 11.6. The fourth-order valence-electron chi connectivity index (χ4n) is 2.01. The van der Waals surface area contributed by atoms with Gasteiger partial charge in [-0.2, -0.15) is 0 Å². The molecule has 0 saturated carbocycles. The number of carbonyl (C=O) groups excluding carboxylic acids is 1. The molecule has 2 heterocycles. The van der Waals surface area contributed by atoms with E-state index < -0.39 is 0 Å². The van der Waals surface area contributed by atoms with Crippen LogP contribution in [0.4, 0.5) is 5.82 Å². The van der Waals surface area contributed by atoms with Gasteiger partial charge in [0.2, 0.25) is 0 Å². The minimum absolute atomic E-state index is 0.0357. The molecular weight excluding hydrogens is 268 g/mol. The molecule has 6 nitrogen and oxygen atoms in total. The first-order valence-corrected chi connectivity index (χ1v) is 6.45. The van der Waals surface area contributed by atoms with Gasteiger partial charge in [0.1, 0.15) is 0 Å². The number of hydrogen-bond acceptors (Lipinski definition) is 5. The van der Waals surface area contributed by atoms with Crippen LogP contribution >= 0.6 is 11.6 Å². The molecule has 2 rings (SSSR count). The number of nitrogens with zero attached hydrogens (tertiary/aromatic N) is 2. The molecule has 1 fully saturated rings. The number of nitrogen functional groups attached to an aromatic ring is 1. The van der Waals surface area contributed by atoms with E-state index in [1.165, 1.54) is 6.20 Å². The van der Waals surface area contributed by atoms with Crippen molar-refractivity contribution >= 4 is 23.3 Å². The summed E-state index contributed by atoms with van der Waals surface area (Å²) in [6.45, 7) is 5.00. The number of nitrogens with two attached hydrogens (primary N) is 1. The summed E-state index contributed by atoms with van der Waals surface area (Å²) >= 11 is 5.98. The summed E-state index contributed by atoms with van der Waals surface area (Å²) in [7, 11) is 0. The maximum absolute atomic E-state index is 12.4. The number of rotatable bonds is 2. The maximum Gasteiger partial charge on any atom is 0.255 e. The Kier molecular flexibility index (Phi) is 4.24. The van der Waals surface area contributed by atoms with E-state index in [1.807, 2.05) is 13.8 Å². The van der Waals surface area contributed by atoms with Crippen LogP contribution in [-0.4, -0.2) is 41.1 Å². The number of pyridine rings is 1. The number of anilines is 1. The van der Waals surface area contributed by atoms with Crippen LogP contribution in [0.25, 0.3) is 0 Å². The molecule has 0 radical (unpaired) electrons. The Morgan fingerprint density at radius 2 is 2.37 bits per heavy atom. The molecule has 104 valence electrons. The molecule has 1 saturated heterocycles. The largest absolute Gasteiger partial charge is 0.375 e. The minimum Gasteiger partial charge on any atom is -0.375 e. The number of halogens is 1. The number of hydrogen-bond donors (Lipinski definition) is 2. The molecule has 1 aromatic heterocycles. The summed E-state index contributed by atoms with van der Waals surface area (Å²) in [5.74, 6) is 5.50. The van der Waals surface area contributed by atoms with Crippen LogP contribution < -0.4 is 11.3 Å². The van der Waals surface area contributed by atoms with E-state index in [1.54, 1.807) is 11.0 Å². The third-order valence-corrected chi connectivity index (χ3v) is 3.38. The van der Waals surface area contributed by atoms with Gasteiger partial charge in [0, 0.05) is 12.7 Å². The number of carbonyl (C=O) groups is 1. The van der Waals surface area contributed by atoms with E-state index in [4.69, 9.17) is 22.2 Å². The summed E-state index contributed by atoms with van der Waals surface area (Å²) in [5, 5.41) is 0.322. The summed E-state index contributed by atoms with van der Waals surface area (Å²) in [6.07, 6.45) is 1.50. The van der Waals surface area contributed by atoms with Crippen LogP contribution in [0.1, 0.15) is 24.2 Å². The molecule has 19 heavy (non-hydrogen) atoms. The van der Waals surface area contributed by atoms with Gasteiger partial charge in [0.05, 0.1) is 29.3 Å². The van der Waals surface area contributed by atoms with Crippen molar-refractivity contribution in [3.63, 3.8) is 0 Å². The fraction of sp³-hybridized carbons (Fsp3) is 0.500. The monoisotopic (exact) mass is 284 g/mol. The first-order chi connectivity index (χ1) is 9.02. The first kappa shape index (κ1) is 14.0. The van der Waals surface area contributed by atoms with Crippen LogP contribution in [0.5, 0.6) is 0 Å². The summed E-state index contributed by atoms with van der Waals surface area (Å²) in [4.78, 5) is 18.2. The summed E-state index contributed by atoms with van der Waals surface area (Å²) in [6, 6.07) is 1.61. The molecule has 1 amide bonds. The van der Waals surface area contributed by atoms with Gasteiger partial charge in [-0.05, 0) is 19.9 Å². The fourth-order valence-corrected chi connectivity index (χ4v) is 2.23. The molecule has 2 atom stereocenters. The predicted molar refractivity (Wildman–Crippen MR) is 73.0 cm³/mol. The van der Waals surface area contributed by atoms with Crippen molar-refractivity contribution < 1.29 is 9.53 Å². The van der Waals surface area contributed by atoms with Crippen molar-refractivity contribution in [3.8, 4) is 0 Å². The Hall–Kier alpha value is -1.37. The third-order valence-electron chi connectivity index (χ3n) is 3.09. The average molecular weight is 285 g/mol. The summed E-state index contributed by atoms with van der Waals surface area (Å²) < 4.78 is 5.50. The van der Waals surface area contributed by atoms with E-state index in [0.717, 1.165) is 0 Å². The highest BCUT2D eigenvalue weighted by molar-refractivity contribution is 6.33. The van der Waals surface area contributed by atoms with E-state index >= 15 is 0 Å². The van der Waals surface area contributed by atoms with Crippen LogP contribution in [0.2, 0.25) is 5.02 Å². The molecule has 0 spiro atoms. The molecule has 1 aliphatic heterocycles. The smallest absolute Gasteiger partial charge is 0.255 e. The summed E-state index contributed by atoms with van der Waals surface area (Å²) in [5.41, 5.74) is 2.82. The molecule has 0 aromatic carbocycles. The zero-order chi connectivity index (χ0) is 14.0. The highest BCUT2D eigenvalue weighted by Gasteiger charge is 2.28. The molecule has 7 heteroatoms. The van der Waals surface area contributed by atoms with Crippen molar-refractivity contribution in [2.45, 2.75) is 26.0 Å². The number of ether oxygens (including phenoxy) is 1. The van der Waals surface area contributed by atoms with Crippen molar-refractivity contribution in [3.05, 3.63) is 22.8 Å².